The summed E-state index contributed by atoms with van der Waals surface area (Å²) in [4.78, 5) is 11.1. The lowest BCUT2D eigenvalue weighted by atomic mass is 10.0. The van der Waals surface area contributed by atoms with Crippen molar-refractivity contribution in [2.45, 2.75) is 52.9 Å². The summed E-state index contributed by atoms with van der Waals surface area (Å²) in [6.07, 6.45) is 5.42. The van der Waals surface area contributed by atoms with Crippen molar-refractivity contribution >= 4 is 5.78 Å². The zero-order chi connectivity index (χ0) is 10.3. The maximum absolute atomic E-state index is 11.1. The number of allylic oxidation sites excluding steroid dienone is 1. The van der Waals surface area contributed by atoms with Crippen LogP contribution in [0, 0.1) is 5.92 Å². The molecule has 0 aromatic rings. The molecule has 76 valence electrons. The Kier molecular flexibility index (Phi) is 6.56. The van der Waals surface area contributed by atoms with Gasteiger partial charge >= 0.3 is 0 Å². The van der Waals surface area contributed by atoms with Gasteiger partial charge in [0.05, 0.1) is 0 Å². The van der Waals surface area contributed by atoms with Crippen molar-refractivity contribution in [2.75, 3.05) is 0 Å². The summed E-state index contributed by atoms with van der Waals surface area (Å²) in [5.41, 5.74) is 0.698. The standard InChI is InChI=1S/C12H22O/c1-10(2)8-6-5-7-9-12(13)11(3)4/h10H,3,5-9H2,1-2,4H3. The smallest absolute Gasteiger partial charge is 0.157 e. The van der Waals surface area contributed by atoms with Crippen molar-refractivity contribution in [3.8, 4) is 0 Å². The number of ketones is 1. The quantitative estimate of drug-likeness (QED) is 0.433. The van der Waals surface area contributed by atoms with Crippen LogP contribution >= 0.6 is 0 Å². The van der Waals surface area contributed by atoms with Crippen LogP contribution < -0.4 is 0 Å². The van der Waals surface area contributed by atoms with E-state index in [4.69, 9.17) is 0 Å². The van der Waals surface area contributed by atoms with E-state index in [1.165, 1.54) is 19.3 Å². The second kappa shape index (κ2) is 6.88. The molecule has 0 heterocycles. The number of unbranched alkanes of at least 4 members (excludes halogenated alkanes) is 2. The summed E-state index contributed by atoms with van der Waals surface area (Å²) in [5.74, 6) is 1.02. The fourth-order valence-electron chi connectivity index (χ4n) is 1.23. The summed E-state index contributed by atoms with van der Waals surface area (Å²) in [6, 6.07) is 0. The largest absolute Gasteiger partial charge is 0.295 e. The van der Waals surface area contributed by atoms with Crippen LogP contribution in [0.4, 0.5) is 0 Å². The van der Waals surface area contributed by atoms with Gasteiger partial charge in [0.2, 0.25) is 0 Å². The number of Topliss-reactive ketones (excluding diaryl/α,β-unsaturated/α-hetero) is 1. The van der Waals surface area contributed by atoms with Crippen molar-refractivity contribution < 1.29 is 4.79 Å². The normalized spacial score (nSPS) is 10.5. The molecule has 0 N–H and O–H groups in total. The van der Waals surface area contributed by atoms with E-state index in [2.05, 4.69) is 20.4 Å². The molecule has 0 spiro atoms. The Balaban J connectivity index is 3.26. The first-order valence-corrected chi connectivity index (χ1v) is 5.22. The Bertz CT molecular complexity index is 168. The number of hydrogen-bond donors (Lipinski definition) is 0. The Morgan fingerprint density at radius 1 is 1.23 bits per heavy atom. The Hall–Kier alpha value is -0.590. The molecule has 0 aliphatic carbocycles. The Morgan fingerprint density at radius 3 is 2.31 bits per heavy atom. The molecule has 1 heteroatoms. The minimum Gasteiger partial charge on any atom is -0.295 e. The van der Waals surface area contributed by atoms with Gasteiger partial charge < -0.3 is 0 Å². The maximum Gasteiger partial charge on any atom is 0.157 e. The highest BCUT2D eigenvalue weighted by Crippen LogP contribution is 2.10. The van der Waals surface area contributed by atoms with Gasteiger partial charge in [0.1, 0.15) is 0 Å². The first kappa shape index (κ1) is 12.4. The second-order valence-corrected chi connectivity index (χ2v) is 4.20. The summed E-state index contributed by atoms with van der Waals surface area (Å²) in [5, 5.41) is 0. The van der Waals surface area contributed by atoms with Crippen LogP contribution in [-0.4, -0.2) is 5.78 Å². The van der Waals surface area contributed by atoms with E-state index in [9.17, 15) is 4.79 Å². The van der Waals surface area contributed by atoms with Gasteiger partial charge in [0.25, 0.3) is 0 Å². The number of rotatable bonds is 7. The molecule has 0 bridgehead atoms. The van der Waals surface area contributed by atoms with Crippen molar-refractivity contribution in [2.24, 2.45) is 5.92 Å². The minimum atomic E-state index is 0.226. The SMILES string of the molecule is C=C(C)C(=O)CCCCCC(C)C. The van der Waals surface area contributed by atoms with E-state index < -0.39 is 0 Å². The van der Waals surface area contributed by atoms with E-state index in [0.717, 1.165) is 12.3 Å². The van der Waals surface area contributed by atoms with Gasteiger partial charge in [-0.05, 0) is 24.8 Å². The highest BCUT2D eigenvalue weighted by atomic mass is 16.1. The Morgan fingerprint density at radius 2 is 1.85 bits per heavy atom. The van der Waals surface area contributed by atoms with Gasteiger partial charge in [-0.2, -0.15) is 0 Å². The molecule has 1 nitrogen and oxygen atoms in total. The van der Waals surface area contributed by atoms with Gasteiger partial charge in [0.15, 0.2) is 5.78 Å². The summed E-state index contributed by atoms with van der Waals surface area (Å²) in [7, 11) is 0. The summed E-state index contributed by atoms with van der Waals surface area (Å²) in [6.45, 7) is 9.89. The van der Waals surface area contributed by atoms with Crippen molar-refractivity contribution in [3.63, 3.8) is 0 Å². The van der Waals surface area contributed by atoms with Gasteiger partial charge in [0, 0.05) is 6.42 Å². The van der Waals surface area contributed by atoms with E-state index in [-0.39, 0.29) is 5.78 Å². The van der Waals surface area contributed by atoms with Crippen molar-refractivity contribution in [1.29, 1.82) is 0 Å². The van der Waals surface area contributed by atoms with Crippen LogP contribution in [0.3, 0.4) is 0 Å². The highest BCUT2D eigenvalue weighted by Gasteiger charge is 2.01. The number of carbonyl (C=O) groups excluding carboxylic acids is 1. The lowest BCUT2D eigenvalue weighted by molar-refractivity contribution is -0.115. The minimum absolute atomic E-state index is 0.226. The fourth-order valence-corrected chi connectivity index (χ4v) is 1.23. The molecule has 0 aromatic heterocycles. The van der Waals surface area contributed by atoms with Gasteiger partial charge in [-0.15, -0.1) is 0 Å². The number of hydrogen-bond acceptors (Lipinski definition) is 1. The molecule has 0 aromatic carbocycles. The molecule has 0 saturated heterocycles. The van der Waals surface area contributed by atoms with E-state index in [1.807, 2.05) is 0 Å². The molecule has 13 heavy (non-hydrogen) atoms. The molecule has 0 unspecified atom stereocenters. The average Bonchev–Trinajstić information content (AvgIpc) is 2.02. The predicted molar refractivity (Wildman–Crippen MR) is 57.7 cm³/mol. The third-order valence-electron chi connectivity index (χ3n) is 2.16. The molecule has 0 rings (SSSR count). The van der Waals surface area contributed by atoms with E-state index in [1.54, 1.807) is 6.92 Å². The molecule has 0 amide bonds. The molecule has 0 saturated carbocycles. The van der Waals surface area contributed by atoms with Gasteiger partial charge in [-0.3, -0.25) is 4.79 Å². The van der Waals surface area contributed by atoms with Crippen LogP contribution in [0.2, 0.25) is 0 Å². The molecule has 0 atom stereocenters. The van der Waals surface area contributed by atoms with Crippen LogP contribution in [0.25, 0.3) is 0 Å². The van der Waals surface area contributed by atoms with Crippen molar-refractivity contribution in [3.05, 3.63) is 12.2 Å². The monoisotopic (exact) mass is 182 g/mol. The highest BCUT2D eigenvalue weighted by molar-refractivity contribution is 5.93. The second-order valence-electron chi connectivity index (χ2n) is 4.20. The molecule has 0 aliphatic rings. The van der Waals surface area contributed by atoms with Crippen LogP contribution in [0.15, 0.2) is 12.2 Å². The predicted octanol–water partition coefficient (Wildman–Crippen LogP) is 3.74. The fraction of sp³-hybridized carbons (Fsp3) is 0.750. The van der Waals surface area contributed by atoms with Gasteiger partial charge in [-0.25, -0.2) is 0 Å². The lowest BCUT2D eigenvalue weighted by Crippen LogP contribution is -1.97. The third-order valence-corrected chi connectivity index (χ3v) is 2.16. The zero-order valence-electron chi connectivity index (χ0n) is 9.23. The van der Waals surface area contributed by atoms with Crippen molar-refractivity contribution in [1.82, 2.24) is 0 Å². The van der Waals surface area contributed by atoms with E-state index >= 15 is 0 Å². The average molecular weight is 182 g/mol. The third kappa shape index (κ3) is 7.76. The molecule has 0 radical (unpaired) electrons. The summed E-state index contributed by atoms with van der Waals surface area (Å²) >= 11 is 0. The summed E-state index contributed by atoms with van der Waals surface area (Å²) < 4.78 is 0. The van der Waals surface area contributed by atoms with E-state index in [0.29, 0.717) is 12.0 Å². The molecule has 0 aliphatic heterocycles. The zero-order valence-corrected chi connectivity index (χ0v) is 9.23. The Labute approximate surface area is 82.2 Å². The van der Waals surface area contributed by atoms with Gasteiger partial charge in [-0.1, -0.05) is 39.7 Å². The first-order chi connectivity index (χ1) is 6.04. The number of carbonyl (C=O) groups is 1. The van der Waals surface area contributed by atoms with Crippen LogP contribution in [-0.2, 0) is 4.79 Å². The topological polar surface area (TPSA) is 17.1 Å². The maximum atomic E-state index is 11.1. The molecular formula is C12H22O. The molecule has 0 fully saturated rings. The van der Waals surface area contributed by atoms with Crippen LogP contribution in [0.5, 0.6) is 0 Å². The lowest BCUT2D eigenvalue weighted by Gasteiger charge is -2.03. The van der Waals surface area contributed by atoms with Crippen LogP contribution in [0.1, 0.15) is 52.9 Å². The molecular weight excluding hydrogens is 160 g/mol. The first-order valence-electron chi connectivity index (χ1n) is 5.22.